The quantitative estimate of drug-likeness (QED) is 0.899. The van der Waals surface area contributed by atoms with Crippen LogP contribution in [0.15, 0.2) is 27.2 Å². The number of hydrogen-bond acceptors (Lipinski definition) is 5. The van der Waals surface area contributed by atoms with Crippen LogP contribution in [0.1, 0.15) is 18.4 Å². The van der Waals surface area contributed by atoms with Crippen molar-refractivity contribution in [3.05, 3.63) is 34.4 Å². The molecule has 0 fully saturated rings. The third-order valence-electron chi connectivity index (χ3n) is 2.56. The Balaban J connectivity index is 2.23. The standard InChI is InChI=1S/C12H13BrFN3OS/c1-19-5-4-10(15)12-16-11(17-18-12)8-6-7(14)2-3-9(8)13/h2-3,6,10H,4-5,15H2,1H3/t10-/m1/s1. The minimum Gasteiger partial charge on any atom is -0.337 e. The van der Waals surface area contributed by atoms with Gasteiger partial charge in [0.05, 0.1) is 6.04 Å². The minimum atomic E-state index is -0.351. The smallest absolute Gasteiger partial charge is 0.243 e. The highest BCUT2D eigenvalue weighted by molar-refractivity contribution is 9.10. The zero-order valence-corrected chi connectivity index (χ0v) is 12.7. The molecule has 1 atom stereocenters. The molecule has 2 N–H and O–H groups in total. The Bertz CT molecular complexity index is 564. The summed E-state index contributed by atoms with van der Waals surface area (Å²) in [5, 5.41) is 3.85. The van der Waals surface area contributed by atoms with E-state index in [1.54, 1.807) is 17.8 Å². The van der Waals surface area contributed by atoms with E-state index in [1.807, 2.05) is 6.26 Å². The first-order chi connectivity index (χ1) is 9.11. The summed E-state index contributed by atoms with van der Waals surface area (Å²) < 4.78 is 19.1. The van der Waals surface area contributed by atoms with Crippen LogP contribution in [0.3, 0.4) is 0 Å². The van der Waals surface area contributed by atoms with E-state index in [0.29, 0.717) is 21.8 Å². The summed E-state index contributed by atoms with van der Waals surface area (Å²) in [6.45, 7) is 0. The molecule has 0 aliphatic rings. The van der Waals surface area contributed by atoms with Gasteiger partial charge in [0.1, 0.15) is 5.82 Å². The normalized spacial score (nSPS) is 12.6. The van der Waals surface area contributed by atoms with Gasteiger partial charge in [0.15, 0.2) is 0 Å². The zero-order chi connectivity index (χ0) is 13.8. The van der Waals surface area contributed by atoms with Crippen molar-refractivity contribution in [3.63, 3.8) is 0 Å². The van der Waals surface area contributed by atoms with E-state index >= 15 is 0 Å². The predicted octanol–water partition coefficient (Wildman–Crippen LogP) is 3.39. The number of thioether (sulfide) groups is 1. The van der Waals surface area contributed by atoms with E-state index in [9.17, 15) is 4.39 Å². The highest BCUT2D eigenvalue weighted by Crippen LogP contribution is 2.27. The van der Waals surface area contributed by atoms with Crippen LogP contribution in [0.5, 0.6) is 0 Å². The van der Waals surface area contributed by atoms with Crippen molar-refractivity contribution in [1.82, 2.24) is 10.1 Å². The Hall–Kier alpha value is -0.920. The van der Waals surface area contributed by atoms with Gasteiger partial charge < -0.3 is 10.3 Å². The maximum atomic E-state index is 13.2. The Morgan fingerprint density at radius 3 is 3.05 bits per heavy atom. The second-order valence-corrected chi connectivity index (χ2v) is 5.81. The van der Waals surface area contributed by atoms with E-state index in [2.05, 4.69) is 26.1 Å². The fourth-order valence-corrected chi connectivity index (χ4v) is 2.45. The molecule has 0 saturated carbocycles. The summed E-state index contributed by atoms with van der Waals surface area (Å²) in [6.07, 6.45) is 2.77. The van der Waals surface area contributed by atoms with Gasteiger partial charge in [-0.1, -0.05) is 21.1 Å². The molecule has 2 rings (SSSR count). The summed E-state index contributed by atoms with van der Waals surface area (Å²) in [5.41, 5.74) is 6.49. The third-order valence-corrected chi connectivity index (χ3v) is 3.90. The average molecular weight is 346 g/mol. The lowest BCUT2D eigenvalue weighted by molar-refractivity contribution is 0.353. The van der Waals surface area contributed by atoms with Crippen LogP contribution in [-0.2, 0) is 0 Å². The summed E-state index contributed by atoms with van der Waals surface area (Å²) >= 11 is 5.04. The van der Waals surface area contributed by atoms with Crippen LogP contribution in [0.2, 0.25) is 0 Å². The first-order valence-corrected chi connectivity index (χ1v) is 7.84. The van der Waals surface area contributed by atoms with Crippen LogP contribution in [0.4, 0.5) is 4.39 Å². The second kappa shape index (κ2) is 6.49. The lowest BCUT2D eigenvalue weighted by Gasteiger charge is -2.03. The van der Waals surface area contributed by atoms with E-state index < -0.39 is 0 Å². The van der Waals surface area contributed by atoms with Crippen molar-refractivity contribution in [3.8, 4) is 11.4 Å². The first-order valence-electron chi connectivity index (χ1n) is 5.65. The van der Waals surface area contributed by atoms with Crippen molar-refractivity contribution in [1.29, 1.82) is 0 Å². The fraction of sp³-hybridized carbons (Fsp3) is 0.333. The summed E-state index contributed by atoms with van der Waals surface area (Å²) in [6, 6.07) is 4.03. The van der Waals surface area contributed by atoms with E-state index in [0.717, 1.165) is 12.2 Å². The lowest BCUT2D eigenvalue weighted by atomic mass is 10.2. The summed E-state index contributed by atoms with van der Waals surface area (Å²) in [5.74, 6) is 1.28. The molecular formula is C12H13BrFN3OS. The van der Waals surface area contributed by atoms with E-state index in [1.165, 1.54) is 12.1 Å². The molecule has 0 unspecified atom stereocenters. The maximum absolute atomic E-state index is 13.2. The van der Waals surface area contributed by atoms with Gasteiger partial charge >= 0.3 is 0 Å². The van der Waals surface area contributed by atoms with Crippen molar-refractivity contribution in [2.75, 3.05) is 12.0 Å². The van der Waals surface area contributed by atoms with E-state index in [-0.39, 0.29) is 11.9 Å². The fourth-order valence-electron chi connectivity index (χ4n) is 1.53. The molecule has 7 heteroatoms. The first kappa shape index (κ1) is 14.5. The van der Waals surface area contributed by atoms with Gasteiger partial charge in [0, 0.05) is 10.0 Å². The van der Waals surface area contributed by atoms with Crippen molar-refractivity contribution in [2.24, 2.45) is 5.73 Å². The molecule has 0 radical (unpaired) electrons. The number of nitrogens with zero attached hydrogens (tertiary/aromatic N) is 2. The molecule has 4 nitrogen and oxygen atoms in total. The van der Waals surface area contributed by atoms with Crippen LogP contribution in [-0.4, -0.2) is 22.1 Å². The van der Waals surface area contributed by atoms with Crippen LogP contribution in [0, 0.1) is 5.82 Å². The van der Waals surface area contributed by atoms with Gasteiger partial charge in [-0.2, -0.15) is 16.7 Å². The summed E-state index contributed by atoms with van der Waals surface area (Å²) in [7, 11) is 0. The molecule has 0 amide bonds. The number of aromatic nitrogens is 2. The number of halogens is 2. The molecule has 1 aromatic carbocycles. The van der Waals surface area contributed by atoms with Gasteiger partial charge in [0.2, 0.25) is 11.7 Å². The number of rotatable bonds is 5. The monoisotopic (exact) mass is 345 g/mol. The Kier molecular flexibility index (Phi) is 4.95. The number of benzene rings is 1. The largest absolute Gasteiger partial charge is 0.337 e. The molecule has 0 aliphatic carbocycles. The van der Waals surface area contributed by atoms with E-state index in [4.69, 9.17) is 10.3 Å². The molecule has 1 heterocycles. The maximum Gasteiger partial charge on any atom is 0.243 e. The Morgan fingerprint density at radius 2 is 2.32 bits per heavy atom. The second-order valence-electron chi connectivity index (χ2n) is 3.97. The lowest BCUT2D eigenvalue weighted by Crippen LogP contribution is -2.11. The van der Waals surface area contributed by atoms with Crippen molar-refractivity contribution >= 4 is 27.7 Å². The minimum absolute atomic E-state index is 0.291. The topological polar surface area (TPSA) is 64.9 Å². The number of hydrogen-bond donors (Lipinski definition) is 1. The van der Waals surface area contributed by atoms with Crippen LogP contribution in [0.25, 0.3) is 11.4 Å². The van der Waals surface area contributed by atoms with Gasteiger partial charge in [-0.05, 0) is 36.6 Å². The van der Waals surface area contributed by atoms with Gasteiger partial charge in [-0.3, -0.25) is 0 Å². The average Bonchev–Trinajstić information content (AvgIpc) is 2.88. The van der Waals surface area contributed by atoms with Crippen LogP contribution >= 0.6 is 27.7 Å². The van der Waals surface area contributed by atoms with Crippen LogP contribution < -0.4 is 5.73 Å². The molecule has 0 aliphatic heterocycles. The molecule has 19 heavy (non-hydrogen) atoms. The molecule has 2 aromatic rings. The molecular weight excluding hydrogens is 333 g/mol. The summed E-state index contributed by atoms with van der Waals surface area (Å²) in [4.78, 5) is 4.23. The Labute approximate surface area is 123 Å². The SMILES string of the molecule is CSCC[C@@H](N)c1nc(-c2cc(F)ccc2Br)no1. The molecule has 102 valence electrons. The number of nitrogens with two attached hydrogens (primary N) is 1. The third kappa shape index (κ3) is 3.55. The van der Waals surface area contributed by atoms with Crippen molar-refractivity contribution < 1.29 is 8.91 Å². The zero-order valence-electron chi connectivity index (χ0n) is 10.3. The molecule has 0 saturated heterocycles. The Morgan fingerprint density at radius 1 is 1.53 bits per heavy atom. The highest BCUT2D eigenvalue weighted by Gasteiger charge is 2.17. The molecule has 0 bridgehead atoms. The molecule has 0 spiro atoms. The van der Waals surface area contributed by atoms with Gasteiger partial charge in [0.25, 0.3) is 0 Å². The molecule has 1 aromatic heterocycles. The van der Waals surface area contributed by atoms with Gasteiger partial charge in [-0.15, -0.1) is 0 Å². The predicted molar refractivity (Wildman–Crippen MR) is 77.3 cm³/mol. The highest BCUT2D eigenvalue weighted by atomic mass is 79.9. The van der Waals surface area contributed by atoms with Gasteiger partial charge in [-0.25, -0.2) is 4.39 Å². The van der Waals surface area contributed by atoms with Crippen molar-refractivity contribution in [2.45, 2.75) is 12.5 Å².